The summed E-state index contributed by atoms with van der Waals surface area (Å²) in [5.74, 6) is 1.92. The molecule has 0 saturated heterocycles. The van der Waals surface area contributed by atoms with Crippen molar-refractivity contribution in [1.82, 2.24) is 9.97 Å². The van der Waals surface area contributed by atoms with Gasteiger partial charge in [-0.25, -0.2) is 9.97 Å². The summed E-state index contributed by atoms with van der Waals surface area (Å²) in [6, 6.07) is 4.41. The lowest BCUT2D eigenvalue weighted by molar-refractivity contribution is 0.717. The van der Waals surface area contributed by atoms with Crippen LogP contribution in [0.25, 0.3) is 0 Å². The Morgan fingerprint density at radius 3 is 2.32 bits per heavy atom. The summed E-state index contributed by atoms with van der Waals surface area (Å²) in [4.78, 5) is 12.6. The third-order valence-corrected chi connectivity index (χ3v) is 5.16. The maximum absolute atomic E-state index is 4.59. The normalized spacial score (nSPS) is 10.8. The molecule has 1 aromatic heterocycles. The van der Waals surface area contributed by atoms with Gasteiger partial charge in [0.25, 0.3) is 0 Å². The number of unbranched alkanes of at least 4 members (excludes halogenated alkanes) is 1. The lowest BCUT2D eigenvalue weighted by Crippen LogP contribution is -2.26. The Hall–Kier alpha value is -1.75. The number of nitrogens with one attached hydrogen (secondary N) is 1. The van der Waals surface area contributed by atoms with E-state index in [0.29, 0.717) is 0 Å². The van der Waals surface area contributed by atoms with E-state index in [1.165, 1.54) is 29.5 Å². The third-order valence-electron chi connectivity index (χ3n) is 4.37. The lowest BCUT2D eigenvalue weighted by Gasteiger charge is -2.25. The summed E-state index contributed by atoms with van der Waals surface area (Å²) < 4.78 is 0. The summed E-state index contributed by atoms with van der Waals surface area (Å²) in [6.45, 7) is 12.8. The Balaban J connectivity index is 2.41. The fraction of sp³-hybridized carbons (Fsp3) is 0.500. The number of benzene rings is 1. The molecular formula is C20H30N4S. The number of anilines is 3. The Morgan fingerprint density at radius 2 is 1.76 bits per heavy atom. The van der Waals surface area contributed by atoms with E-state index in [2.05, 4.69) is 73.2 Å². The molecule has 0 atom stereocenters. The second-order valence-electron chi connectivity index (χ2n) is 6.41. The summed E-state index contributed by atoms with van der Waals surface area (Å²) in [7, 11) is 0. The van der Waals surface area contributed by atoms with Crippen molar-refractivity contribution in [1.29, 1.82) is 0 Å². The van der Waals surface area contributed by atoms with Crippen LogP contribution in [0.4, 0.5) is 17.3 Å². The van der Waals surface area contributed by atoms with Gasteiger partial charge in [0.2, 0.25) is 0 Å². The SMILES string of the molecule is CCCCN(CC)c1ncnc(Nc2c(C)cc(C)cc2C)c1SC. The van der Waals surface area contributed by atoms with Crippen LogP contribution in [0.5, 0.6) is 0 Å². The minimum atomic E-state index is 0.891. The molecule has 1 N–H and O–H groups in total. The molecule has 0 unspecified atom stereocenters. The second-order valence-corrected chi connectivity index (χ2v) is 7.23. The molecule has 0 radical (unpaired) electrons. The monoisotopic (exact) mass is 358 g/mol. The van der Waals surface area contributed by atoms with Gasteiger partial charge >= 0.3 is 0 Å². The first-order chi connectivity index (χ1) is 12.0. The van der Waals surface area contributed by atoms with Gasteiger partial charge in [-0.2, -0.15) is 0 Å². The second kappa shape index (κ2) is 9.09. The molecule has 0 aliphatic carbocycles. The van der Waals surface area contributed by atoms with E-state index in [9.17, 15) is 0 Å². The predicted octanol–water partition coefficient (Wildman–Crippen LogP) is 5.49. The van der Waals surface area contributed by atoms with Crippen molar-refractivity contribution in [2.45, 2.75) is 52.4 Å². The first-order valence-electron chi connectivity index (χ1n) is 9.00. The average molecular weight is 359 g/mol. The van der Waals surface area contributed by atoms with E-state index in [4.69, 9.17) is 0 Å². The zero-order valence-electron chi connectivity index (χ0n) is 16.3. The fourth-order valence-corrected chi connectivity index (χ4v) is 3.79. The number of thioether (sulfide) groups is 1. The molecular weight excluding hydrogens is 328 g/mol. The Bertz CT molecular complexity index is 692. The van der Waals surface area contributed by atoms with Gasteiger partial charge in [-0.3, -0.25) is 0 Å². The van der Waals surface area contributed by atoms with Gasteiger partial charge in [0.1, 0.15) is 18.0 Å². The maximum Gasteiger partial charge on any atom is 0.149 e. The van der Waals surface area contributed by atoms with Gasteiger partial charge in [0.15, 0.2) is 0 Å². The van der Waals surface area contributed by atoms with Crippen molar-refractivity contribution in [2.75, 3.05) is 29.6 Å². The molecule has 0 aliphatic rings. The summed E-state index contributed by atoms with van der Waals surface area (Å²) in [5, 5.41) is 3.56. The summed E-state index contributed by atoms with van der Waals surface area (Å²) in [5.41, 5.74) is 4.90. The van der Waals surface area contributed by atoms with Crippen molar-refractivity contribution in [3.63, 3.8) is 0 Å². The first kappa shape index (κ1) is 19.6. The summed E-state index contributed by atoms with van der Waals surface area (Å²) >= 11 is 1.70. The number of aryl methyl sites for hydroxylation is 3. The zero-order valence-corrected chi connectivity index (χ0v) is 17.1. The quantitative estimate of drug-likeness (QED) is 0.632. The molecule has 0 aliphatic heterocycles. The Labute approximate surface area is 156 Å². The first-order valence-corrected chi connectivity index (χ1v) is 10.2. The van der Waals surface area contributed by atoms with E-state index in [-0.39, 0.29) is 0 Å². The highest BCUT2D eigenvalue weighted by atomic mass is 32.2. The molecule has 2 aromatic rings. The van der Waals surface area contributed by atoms with E-state index >= 15 is 0 Å². The van der Waals surface area contributed by atoms with Crippen molar-refractivity contribution in [3.05, 3.63) is 35.2 Å². The molecule has 0 amide bonds. The minimum absolute atomic E-state index is 0.891. The molecule has 2 rings (SSSR count). The van der Waals surface area contributed by atoms with Gasteiger partial charge in [-0.05, 0) is 51.5 Å². The van der Waals surface area contributed by atoms with Crippen molar-refractivity contribution in [3.8, 4) is 0 Å². The average Bonchev–Trinajstić information content (AvgIpc) is 2.58. The van der Waals surface area contributed by atoms with Crippen molar-refractivity contribution >= 4 is 29.1 Å². The van der Waals surface area contributed by atoms with Crippen LogP contribution in [-0.4, -0.2) is 29.3 Å². The number of hydrogen-bond acceptors (Lipinski definition) is 5. The molecule has 0 saturated carbocycles. The van der Waals surface area contributed by atoms with Crippen LogP contribution < -0.4 is 10.2 Å². The highest BCUT2D eigenvalue weighted by Crippen LogP contribution is 2.35. The molecule has 5 heteroatoms. The van der Waals surface area contributed by atoms with Crippen LogP contribution in [0.15, 0.2) is 23.4 Å². The Kier molecular flexibility index (Phi) is 7.12. The van der Waals surface area contributed by atoms with Crippen molar-refractivity contribution < 1.29 is 0 Å². The lowest BCUT2D eigenvalue weighted by atomic mass is 10.1. The molecule has 4 nitrogen and oxygen atoms in total. The number of hydrogen-bond donors (Lipinski definition) is 1. The molecule has 25 heavy (non-hydrogen) atoms. The number of aromatic nitrogens is 2. The van der Waals surface area contributed by atoms with E-state index in [1.807, 2.05) is 0 Å². The molecule has 136 valence electrons. The highest BCUT2D eigenvalue weighted by Gasteiger charge is 2.17. The molecule has 0 bridgehead atoms. The maximum atomic E-state index is 4.59. The van der Waals surface area contributed by atoms with Gasteiger partial charge in [0, 0.05) is 18.8 Å². The van der Waals surface area contributed by atoms with Crippen LogP contribution >= 0.6 is 11.8 Å². The van der Waals surface area contributed by atoms with E-state index < -0.39 is 0 Å². The molecule has 0 spiro atoms. The van der Waals surface area contributed by atoms with Gasteiger partial charge < -0.3 is 10.2 Å². The summed E-state index contributed by atoms with van der Waals surface area (Å²) in [6.07, 6.45) is 6.12. The van der Waals surface area contributed by atoms with E-state index in [1.54, 1.807) is 18.1 Å². The van der Waals surface area contributed by atoms with Crippen LogP contribution in [0.3, 0.4) is 0 Å². The molecule has 1 aromatic carbocycles. The smallest absolute Gasteiger partial charge is 0.149 e. The minimum Gasteiger partial charge on any atom is -0.356 e. The van der Waals surface area contributed by atoms with Crippen LogP contribution in [0.2, 0.25) is 0 Å². The fourth-order valence-electron chi connectivity index (χ4n) is 3.13. The van der Waals surface area contributed by atoms with Gasteiger partial charge in [0.05, 0.1) is 4.90 Å². The van der Waals surface area contributed by atoms with Crippen LogP contribution in [-0.2, 0) is 0 Å². The standard InChI is InChI=1S/C20H30N4S/c1-7-9-10-24(8-2)20-18(25-6)19(21-13-22-20)23-17-15(4)11-14(3)12-16(17)5/h11-13H,7-10H2,1-6H3,(H,21,22,23). The highest BCUT2D eigenvalue weighted by molar-refractivity contribution is 7.99. The van der Waals surface area contributed by atoms with Gasteiger partial charge in [-0.1, -0.05) is 31.0 Å². The largest absolute Gasteiger partial charge is 0.356 e. The van der Waals surface area contributed by atoms with Crippen LogP contribution in [0, 0.1) is 20.8 Å². The van der Waals surface area contributed by atoms with Crippen LogP contribution in [0.1, 0.15) is 43.4 Å². The Morgan fingerprint density at radius 1 is 1.08 bits per heavy atom. The molecule has 0 fully saturated rings. The predicted molar refractivity (Wildman–Crippen MR) is 111 cm³/mol. The molecule has 1 heterocycles. The van der Waals surface area contributed by atoms with Gasteiger partial charge in [-0.15, -0.1) is 11.8 Å². The number of nitrogens with zero attached hydrogens (tertiary/aromatic N) is 3. The zero-order chi connectivity index (χ0) is 18.4. The third kappa shape index (κ3) is 4.66. The van der Waals surface area contributed by atoms with E-state index in [0.717, 1.165) is 35.3 Å². The number of rotatable bonds is 8. The van der Waals surface area contributed by atoms with Crippen molar-refractivity contribution in [2.24, 2.45) is 0 Å². The topological polar surface area (TPSA) is 41.1 Å².